The van der Waals surface area contributed by atoms with Crippen molar-refractivity contribution < 1.29 is 14.3 Å². The number of aromatic nitrogens is 1. The van der Waals surface area contributed by atoms with E-state index in [9.17, 15) is 4.79 Å². The molecule has 0 aliphatic carbocycles. The number of hydrogen-bond acceptors (Lipinski definition) is 4. The highest BCUT2D eigenvalue weighted by atomic mass is 16.5. The molecule has 0 N–H and O–H groups in total. The molecule has 0 aliphatic heterocycles. The van der Waals surface area contributed by atoms with Gasteiger partial charge in [-0.25, -0.2) is 4.98 Å². The van der Waals surface area contributed by atoms with E-state index in [1.807, 2.05) is 24.3 Å². The van der Waals surface area contributed by atoms with Gasteiger partial charge < -0.3 is 9.47 Å². The smallest absolute Gasteiger partial charge is 0.219 e. The third-order valence-electron chi connectivity index (χ3n) is 2.88. The lowest BCUT2D eigenvalue weighted by Crippen LogP contribution is -1.95. The summed E-state index contributed by atoms with van der Waals surface area (Å²) in [6.07, 6.45) is 2.40. The normalized spacial score (nSPS) is 10.3. The van der Waals surface area contributed by atoms with Crippen LogP contribution in [0.4, 0.5) is 0 Å². The number of methoxy groups -OCH3 is 1. The number of ether oxygens (including phenoxy) is 2. The first-order valence-corrected chi connectivity index (χ1v) is 6.42. The molecule has 0 aliphatic rings. The highest BCUT2D eigenvalue weighted by Gasteiger charge is 2.02. The quantitative estimate of drug-likeness (QED) is 0.757. The predicted octanol–water partition coefficient (Wildman–Crippen LogP) is 3.27. The van der Waals surface area contributed by atoms with E-state index in [1.54, 1.807) is 19.2 Å². The zero-order chi connectivity index (χ0) is 14.4. The van der Waals surface area contributed by atoms with Crippen molar-refractivity contribution in [2.45, 2.75) is 13.3 Å². The molecule has 0 bridgehead atoms. The Balaban J connectivity index is 2.00. The van der Waals surface area contributed by atoms with E-state index in [-0.39, 0.29) is 5.78 Å². The molecule has 0 spiro atoms. The van der Waals surface area contributed by atoms with Crippen molar-refractivity contribution >= 4 is 5.78 Å². The summed E-state index contributed by atoms with van der Waals surface area (Å²) in [6, 6.07) is 11.2. The summed E-state index contributed by atoms with van der Waals surface area (Å²) >= 11 is 0. The monoisotopic (exact) mass is 271 g/mol. The van der Waals surface area contributed by atoms with Crippen LogP contribution in [0.3, 0.4) is 0 Å². The Morgan fingerprint density at radius 3 is 2.45 bits per heavy atom. The molecule has 4 nitrogen and oxygen atoms in total. The number of hydrogen-bond donors (Lipinski definition) is 0. The molecule has 0 unspecified atom stereocenters. The van der Waals surface area contributed by atoms with Crippen LogP contribution in [0.25, 0.3) is 0 Å². The number of ketones is 1. The molecule has 2 aromatic rings. The topological polar surface area (TPSA) is 48.4 Å². The summed E-state index contributed by atoms with van der Waals surface area (Å²) in [5.41, 5.74) is 1.77. The Bertz CT molecular complexity index is 561. The van der Waals surface area contributed by atoms with Crippen LogP contribution in [-0.4, -0.2) is 24.5 Å². The average molecular weight is 271 g/mol. The van der Waals surface area contributed by atoms with Crippen LogP contribution in [0.2, 0.25) is 0 Å². The van der Waals surface area contributed by atoms with Crippen molar-refractivity contribution in [3.63, 3.8) is 0 Å². The number of carbonyl (C=O) groups is 1. The number of rotatable bonds is 6. The standard InChI is InChI=1S/C16H17NO3/c1-12(18)14-5-8-16(17-11-14)20-15-6-3-13(4-7-15)9-10-19-2/h3-8,11H,9-10H2,1-2H3. The van der Waals surface area contributed by atoms with Gasteiger partial charge in [0.1, 0.15) is 5.75 Å². The van der Waals surface area contributed by atoms with Crippen molar-refractivity contribution in [3.8, 4) is 11.6 Å². The Labute approximate surface area is 118 Å². The summed E-state index contributed by atoms with van der Waals surface area (Å²) < 4.78 is 10.7. The third-order valence-corrected chi connectivity index (χ3v) is 2.88. The molecule has 1 aromatic heterocycles. The second-order valence-electron chi connectivity index (χ2n) is 4.43. The van der Waals surface area contributed by atoms with Crippen LogP contribution in [-0.2, 0) is 11.2 Å². The minimum absolute atomic E-state index is 0.00783. The summed E-state index contributed by atoms with van der Waals surface area (Å²) in [7, 11) is 1.69. The molecule has 1 aromatic carbocycles. The molecule has 2 rings (SSSR count). The second-order valence-corrected chi connectivity index (χ2v) is 4.43. The number of Topliss-reactive ketones (excluding diaryl/α,β-unsaturated/α-hetero) is 1. The summed E-state index contributed by atoms with van der Waals surface area (Å²) in [5.74, 6) is 1.18. The summed E-state index contributed by atoms with van der Waals surface area (Å²) in [4.78, 5) is 15.3. The Hall–Kier alpha value is -2.20. The van der Waals surface area contributed by atoms with E-state index in [2.05, 4.69) is 4.98 Å². The molecule has 0 radical (unpaired) electrons. The number of benzene rings is 1. The molecule has 4 heteroatoms. The number of nitrogens with zero attached hydrogens (tertiary/aromatic N) is 1. The van der Waals surface area contributed by atoms with E-state index in [0.717, 1.165) is 6.42 Å². The zero-order valence-electron chi connectivity index (χ0n) is 11.6. The molecule has 0 saturated carbocycles. The predicted molar refractivity (Wildman–Crippen MR) is 76.3 cm³/mol. The van der Waals surface area contributed by atoms with Crippen LogP contribution in [0, 0.1) is 0 Å². The van der Waals surface area contributed by atoms with Gasteiger partial charge in [0, 0.05) is 24.9 Å². The van der Waals surface area contributed by atoms with Crippen molar-refractivity contribution in [2.75, 3.05) is 13.7 Å². The highest BCUT2D eigenvalue weighted by molar-refractivity contribution is 5.93. The van der Waals surface area contributed by atoms with Gasteiger partial charge in [0.25, 0.3) is 0 Å². The second kappa shape index (κ2) is 6.82. The van der Waals surface area contributed by atoms with Gasteiger partial charge in [-0.15, -0.1) is 0 Å². The van der Waals surface area contributed by atoms with Gasteiger partial charge in [-0.1, -0.05) is 12.1 Å². The van der Waals surface area contributed by atoms with Crippen molar-refractivity contribution in [3.05, 3.63) is 53.7 Å². The van der Waals surface area contributed by atoms with Gasteiger partial charge in [-0.2, -0.15) is 0 Å². The van der Waals surface area contributed by atoms with E-state index in [0.29, 0.717) is 23.8 Å². The van der Waals surface area contributed by atoms with E-state index in [4.69, 9.17) is 9.47 Å². The largest absolute Gasteiger partial charge is 0.439 e. The van der Waals surface area contributed by atoms with Gasteiger partial charge in [0.2, 0.25) is 5.88 Å². The van der Waals surface area contributed by atoms with Gasteiger partial charge in [-0.3, -0.25) is 4.79 Å². The van der Waals surface area contributed by atoms with Crippen LogP contribution in [0.1, 0.15) is 22.8 Å². The molecule has 104 valence electrons. The first kappa shape index (κ1) is 14.2. The maximum Gasteiger partial charge on any atom is 0.219 e. The molecule has 0 saturated heterocycles. The summed E-state index contributed by atoms with van der Waals surface area (Å²) in [5, 5.41) is 0. The fourth-order valence-corrected chi connectivity index (χ4v) is 1.71. The van der Waals surface area contributed by atoms with Gasteiger partial charge in [-0.05, 0) is 37.1 Å². The number of carbonyl (C=O) groups excluding carboxylic acids is 1. The maximum absolute atomic E-state index is 11.1. The fraction of sp³-hybridized carbons (Fsp3) is 0.250. The maximum atomic E-state index is 11.1. The van der Waals surface area contributed by atoms with Gasteiger partial charge >= 0.3 is 0 Å². The highest BCUT2D eigenvalue weighted by Crippen LogP contribution is 2.20. The van der Waals surface area contributed by atoms with E-state index in [1.165, 1.54) is 18.7 Å². The summed E-state index contributed by atoms with van der Waals surface area (Å²) in [6.45, 7) is 2.21. The van der Waals surface area contributed by atoms with Crippen molar-refractivity contribution in [1.82, 2.24) is 4.98 Å². The van der Waals surface area contributed by atoms with Crippen LogP contribution in [0.15, 0.2) is 42.6 Å². The molecule has 20 heavy (non-hydrogen) atoms. The molecular formula is C16H17NO3. The van der Waals surface area contributed by atoms with Crippen molar-refractivity contribution in [2.24, 2.45) is 0 Å². The Kier molecular flexibility index (Phi) is 4.85. The average Bonchev–Trinajstić information content (AvgIpc) is 2.47. The lowest BCUT2D eigenvalue weighted by Gasteiger charge is -2.06. The lowest BCUT2D eigenvalue weighted by atomic mass is 10.1. The van der Waals surface area contributed by atoms with E-state index < -0.39 is 0 Å². The minimum atomic E-state index is -0.00783. The van der Waals surface area contributed by atoms with Crippen LogP contribution in [0.5, 0.6) is 11.6 Å². The first-order valence-electron chi connectivity index (χ1n) is 6.42. The Morgan fingerprint density at radius 2 is 1.90 bits per heavy atom. The van der Waals surface area contributed by atoms with Crippen LogP contribution < -0.4 is 4.74 Å². The minimum Gasteiger partial charge on any atom is -0.439 e. The zero-order valence-corrected chi connectivity index (χ0v) is 11.6. The lowest BCUT2D eigenvalue weighted by molar-refractivity contribution is 0.101. The SMILES string of the molecule is COCCc1ccc(Oc2ccc(C(C)=O)cn2)cc1. The van der Waals surface area contributed by atoms with Gasteiger partial charge in [0.05, 0.1) is 6.61 Å². The van der Waals surface area contributed by atoms with Gasteiger partial charge in [0.15, 0.2) is 5.78 Å². The molecule has 0 atom stereocenters. The van der Waals surface area contributed by atoms with E-state index >= 15 is 0 Å². The van der Waals surface area contributed by atoms with Crippen LogP contribution >= 0.6 is 0 Å². The molecular weight excluding hydrogens is 254 g/mol. The number of pyridine rings is 1. The first-order chi connectivity index (χ1) is 9.69. The fourth-order valence-electron chi connectivity index (χ4n) is 1.71. The van der Waals surface area contributed by atoms with Crippen molar-refractivity contribution in [1.29, 1.82) is 0 Å². The molecule has 0 fully saturated rings. The third kappa shape index (κ3) is 3.90. The Morgan fingerprint density at radius 1 is 1.15 bits per heavy atom. The molecule has 0 amide bonds. The molecule has 1 heterocycles.